The molecule has 3 heterocycles. The molecule has 1 atom stereocenters. The smallest absolute Gasteiger partial charge is 0.316 e. The molecule has 1 N–H and O–H groups in total. The van der Waals surface area contributed by atoms with Gasteiger partial charge in [0, 0.05) is 32.3 Å². The van der Waals surface area contributed by atoms with Crippen LogP contribution in [-0.2, 0) is 16.1 Å². The summed E-state index contributed by atoms with van der Waals surface area (Å²) in [6.45, 7) is 2.59. The number of methoxy groups -OCH3 is 1. The Labute approximate surface area is 134 Å². The topological polar surface area (TPSA) is 87.7 Å². The first kappa shape index (κ1) is 15.7. The highest BCUT2D eigenvalue weighted by molar-refractivity contribution is 5.89. The molecule has 8 nitrogen and oxygen atoms in total. The molecule has 2 aliphatic heterocycles. The summed E-state index contributed by atoms with van der Waals surface area (Å²) in [4.78, 5) is 36.4. The number of rotatable bonds is 5. The quantitative estimate of drug-likeness (QED) is 0.769. The van der Waals surface area contributed by atoms with E-state index < -0.39 is 0 Å². The van der Waals surface area contributed by atoms with Gasteiger partial charge in [-0.15, -0.1) is 0 Å². The van der Waals surface area contributed by atoms with Gasteiger partial charge in [-0.3, -0.25) is 9.59 Å². The molecule has 8 heteroatoms. The molecule has 2 aliphatic rings. The van der Waals surface area contributed by atoms with Gasteiger partial charge in [-0.25, -0.2) is 4.98 Å². The lowest BCUT2D eigenvalue weighted by atomic mass is 10.1. The fourth-order valence-electron chi connectivity index (χ4n) is 3.02. The minimum Gasteiger partial charge on any atom is -0.467 e. The molecule has 3 rings (SSSR count). The zero-order valence-electron chi connectivity index (χ0n) is 13.4. The molecule has 0 aromatic carbocycles. The van der Waals surface area contributed by atoms with Crippen LogP contribution < -0.4 is 10.1 Å². The molecular formula is C15H21N5O3. The van der Waals surface area contributed by atoms with Crippen LogP contribution >= 0.6 is 0 Å². The molecule has 1 aromatic rings. The van der Waals surface area contributed by atoms with Crippen LogP contribution in [0.3, 0.4) is 0 Å². The van der Waals surface area contributed by atoms with Crippen molar-refractivity contribution in [2.75, 3.05) is 33.8 Å². The number of nitrogens with zero attached hydrogens (tertiary/aromatic N) is 4. The normalized spacial score (nSPS) is 22.1. The van der Waals surface area contributed by atoms with Crippen molar-refractivity contribution in [1.82, 2.24) is 25.1 Å². The van der Waals surface area contributed by atoms with Gasteiger partial charge >= 0.3 is 6.01 Å². The summed E-state index contributed by atoms with van der Waals surface area (Å²) in [7, 11) is 3.52. The minimum atomic E-state index is -0.280. The highest BCUT2D eigenvalue weighted by Gasteiger charge is 2.41. The Morgan fingerprint density at radius 2 is 2.22 bits per heavy atom. The Balaban J connectivity index is 1.51. The first-order valence-electron chi connectivity index (χ1n) is 7.68. The number of hydrogen-bond acceptors (Lipinski definition) is 6. The first-order chi connectivity index (χ1) is 11.1. The van der Waals surface area contributed by atoms with E-state index in [0.29, 0.717) is 25.2 Å². The van der Waals surface area contributed by atoms with Gasteiger partial charge in [0.1, 0.15) is 0 Å². The van der Waals surface area contributed by atoms with Gasteiger partial charge in [0.2, 0.25) is 11.8 Å². The monoisotopic (exact) mass is 319 g/mol. The molecule has 2 saturated heterocycles. The maximum atomic E-state index is 12.3. The first-order valence-corrected chi connectivity index (χ1v) is 7.68. The Bertz CT molecular complexity index is 603. The van der Waals surface area contributed by atoms with Gasteiger partial charge in [-0.1, -0.05) is 0 Å². The summed E-state index contributed by atoms with van der Waals surface area (Å²) >= 11 is 0. The van der Waals surface area contributed by atoms with E-state index in [4.69, 9.17) is 4.74 Å². The summed E-state index contributed by atoms with van der Waals surface area (Å²) in [5.41, 5.74) is 0.673. The van der Waals surface area contributed by atoms with Gasteiger partial charge < -0.3 is 19.9 Å². The highest BCUT2D eigenvalue weighted by Crippen LogP contribution is 2.24. The third-order valence-electron chi connectivity index (χ3n) is 4.33. The Hall–Kier alpha value is -2.22. The number of amides is 2. The Kier molecular flexibility index (Phi) is 4.42. The van der Waals surface area contributed by atoms with E-state index in [9.17, 15) is 9.59 Å². The van der Waals surface area contributed by atoms with Crippen molar-refractivity contribution in [1.29, 1.82) is 0 Å². The number of likely N-dealkylation sites (tertiary alicyclic amines) is 2. The van der Waals surface area contributed by atoms with Crippen LogP contribution in [0.15, 0.2) is 12.3 Å². The van der Waals surface area contributed by atoms with E-state index in [2.05, 4.69) is 20.2 Å². The molecule has 0 saturated carbocycles. The van der Waals surface area contributed by atoms with E-state index >= 15 is 0 Å². The predicted molar refractivity (Wildman–Crippen MR) is 81.5 cm³/mol. The summed E-state index contributed by atoms with van der Waals surface area (Å²) < 4.78 is 4.95. The van der Waals surface area contributed by atoms with Crippen molar-refractivity contribution in [3.63, 3.8) is 0 Å². The third kappa shape index (κ3) is 3.42. The second kappa shape index (κ2) is 6.49. The molecule has 124 valence electrons. The van der Waals surface area contributed by atoms with E-state index in [1.807, 2.05) is 11.9 Å². The van der Waals surface area contributed by atoms with E-state index in [1.54, 1.807) is 12.3 Å². The van der Waals surface area contributed by atoms with Gasteiger partial charge in [-0.2, -0.15) is 4.98 Å². The molecule has 2 fully saturated rings. The molecule has 1 unspecified atom stereocenters. The number of likely N-dealkylation sites (N-methyl/N-ethyl adjacent to an activating group) is 1. The van der Waals surface area contributed by atoms with E-state index in [1.165, 1.54) is 7.11 Å². The van der Waals surface area contributed by atoms with Crippen LogP contribution in [0.2, 0.25) is 0 Å². The molecule has 1 aromatic heterocycles. The molecule has 0 radical (unpaired) electrons. The molecule has 0 spiro atoms. The summed E-state index contributed by atoms with van der Waals surface area (Å²) in [6, 6.07) is 2.25. The van der Waals surface area contributed by atoms with Crippen LogP contribution in [0.1, 0.15) is 12.1 Å². The number of hydrogen-bond donors (Lipinski definition) is 1. The maximum absolute atomic E-state index is 12.3. The number of aromatic nitrogens is 2. The van der Waals surface area contributed by atoms with Gasteiger partial charge in [0.25, 0.3) is 0 Å². The van der Waals surface area contributed by atoms with Crippen LogP contribution in [0.5, 0.6) is 6.01 Å². The number of carbonyl (C=O) groups is 2. The van der Waals surface area contributed by atoms with Crippen LogP contribution in [0.4, 0.5) is 0 Å². The molecule has 2 amide bonds. The lowest BCUT2D eigenvalue weighted by Crippen LogP contribution is -2.58. The average molecular weight is 319 g/mol. The minimum absolute atomic E-state index is 0.0759. The second-order valence-corrected chi connectivity index (χ2v) is 6.07. The zero-order chi connectivity index (χ0) is 16.4. The molecular weight excluding hydrogens is 298 g/mol. The summed E-state index contributed by atoms with van der Waals surface area (Å²) in [5.74, 6) is -0.310. The molecule has 0 aliphatic carbocycles. The third-order valence-corrected chi connectivity index (χ3v) is 4.33. The van der Waals surface area contributed by atoms with Crippen molar-refractivity contribution < 1.29 is 14.3 Å². The standard InChI is InChI=1S/C15H21N5O3/c1-19-8-12(9-19)20-7-10(5-13(20)21)14(22)17-6-11-3-4-16-15(18-11)23-2/h3-4,10,12H,5-9H2,1-2H3,(H,17,22). The van der Waals surface area contributed by atoms with Crippen molar-refractivity contribution in [2.45, 2.75) is 19.0 Å². The predicted octanol–water partition coefficient (Wildman–Crippen LogP) is -0.736. The van der Waals surface area contributed by atoms with Crippen LogP contribution in [0, 0.1) is 5.92 Å². The fourth-order valence-corrected chi connectivity index (χ4v) is 3.02. The highest BCUT2D eigenvalue weighted by atomic mass is 16.5. The van der Waals surface area contributed by atoms with Crippen molar-refractivity contribution in [3.05, 3.63) is 18.0 Å². The SMILES string of the molecule is COc1nccc(CNC(=O)C2CC(=O)N(C3CN(C)C3)C2)n1. The molecule has 23 heavy (non-hydrogen) atoms. The van der Waals surface area contributed by atoms with E-state index in [-0.39, 0.29) is 29.8 Å². The Morgan fingerprint density at radius 3 is 2.91 bits per heavy atom. The lowest BCUT2D eigenvalue weighted by Gasteiger charge is -2.42. The summed E-state index contributed by atoms with van der Waals surface area (Å²) in [5, 5.41) is 2.84. The molecule has 0 bridgehead atoms. The van der Waals surface area contributed by atoms with E-state index in [0.717, 1.165) is 13.1 Å². The maximum Gasteiger partial charge on any atom is 0.316 e. The van der Waals surface area contributed by atoms with Gasteiger partial charge in [0.05, 0.1) is 31.3 Å². The number of ether oxygens (including phenoxy) is 1. The number of carbonyl (C=O) groups excluding carboxylic acids is 2. The fraction of sp³-hybridized carbons (Fsp3) is 0.600. The Morgan fingerprint density at radius 1 is 1.43 bits per heavy atom. The van der Waals surface area contributed by atoms with Crippen molar-refractivity contribution in [3.8, 4) is 6.01 Å². The average Bonchev–Trinajstić information content (AvgIpc) is 2.91. The lowest BCUT2D eigenvalue weighted by molar-refractivity contribution is -0.132. The van der Waals surface area contributed by atoms with Crippen molar-refractivity contribution >= 4 is 11.8 Å². The largest absolute Gasteiger partial charge is 0.467 e. The zero-order valence-corrected chi connectivity index (χ0v) is 13.4. The summed E-state index contributed by atoms with van der Waals surface area (Å²) in [6.07, 6.45) is 1.88. The number of nitrogens with one attached hydrogen (secondary N) is 1. The second-order valence-electron chi connectivity index (χ2n) is 6.07. The van der Waals surface area contributed by atoms with Gasteiger partial charge in [-0.05, 0) is 13.1 Å². The van der Waals surface area contributed by atoms with Crippen molar-refractivity contribution in [2.24, 2.45) is 5.92 Å². The van der Waals surface area contributed by atoms with Crippen LogP contribution in [-0.4, -0.2) is 71.4 Å². The van der Waals surface area contributed by atoms with Gasteiger partial charge in [0.15, 0.2) is 0 Å². The van der Waals surface area contributed by atoms with Crippen LogP contribution in [0.25, 0.3) is 0 Å².